The summed E-state index contributed by atoms with van der Waals surface area (Å²) in [5.74, 6) is 0.0240. The highest BCUT2D eigenvalue weighted by molar-refractivity contribution is 7.21. The van der Waals surface area contributed by atoms with Crippen molar-refractivity contribution in [3.8, 4) is 10.6 Å². The molecule has 1 aromatic carbocycles. The monoisotopic (exact) mass is 337 g/mol. The first-order valence-corrected chi connectivity index (χ1v) is 9.14. The summed E-state index contributed by atoms with van der Waals surface area (Å²) in [5.41, 5.74) is 3.78. The van der Waals surface area contributed by atoms with E-state index in [4.69, 9.17) is 0 Å². The quantitative estimate of drug-likeness (QED) is 0.773. The highest BCUT2D eigenvalue weighted by atomic mass is 32.1. The molecular formula is C19H19N3OS. The Bertz CT molecular complexity index is 897. The smallest absolute Gasteiger partial charge is 0.251 e. The first kappa shape index (κ1) is 15.3. The first-order chi connectivity index (χ1) is 11.7. The molecule has 0 spiro atoms. The molecule has 5 heteroatoms. The number of amides is 1. The number of aryl methyl sites for hydroxylation is 1. The lowest BCUT2D eigenvalue weighted by Gasteiger charge is -2.11. The molecule has 0 radical (unpaired) electrons. The highest BCUT2D eigenvalue weighted by Crippen LogP contribution is 2.30. The molecule has 2 aromatic heterocycles. The average molecular weight is 337 g/mol. The standard InChI is InChI=1S/C19H19N3OS/c1-12-8-14(11-20-10-12)19-22-16-7-6-13(9-17(16)24-19)18(23)21-15-4-2-3-5-15/h6-11,15H,2-5H2,1H3,(H,21,23). The number of thiazole rings is 1. The predicted molar refractivity (Wildman–Crippen MR) is 97.3 cm³/mol. The molecule has 24 heavy (non-hydrogen) atoms. The van der Waals surface area contributed by atoms with Crippen LogP contribution in [0.3, 0.4) is 0 Å². The van der Waals surface area contributed by atoms with Crippen molar-refractivity contribution in [3.05, 3.63) is 47.8 Å². The van der Waals surface area contributed by atoms with Gasteiger partial charge in [0.15, 0.2) is 0 Å². The van der Waals surface area contributed by atoms with E-state index in [-0.39, 0.29) is 5.91 Å². The van der Waals surface area contributed by atoms with Gasteiger partial charge in [0, 0.05) is 29.6 Å². The van der Waals surface area contributed by atoms with Crippen LogP contribution in [0.1, 0.15) is 41.6 Å². The molecule has 4 nitrogen and oxygen atoms in total. The number of carbonyl (C=O) groups excluding carboxylic acids is 1. The van der Waals surface area contributed by atoms with Gasteiger partial charge in [0.05, 0.1) is 10.2 Å². The maximum absolute atomic E-state index is 12.4. The molecule has 0 bridgehead atoms. The van der Waals surface area contributed by atoms with Crippen molar-refractivity contribution in [2.75, 3.05) is 0 Å². The van der Waals surface area contributed by atoms with Gasteiger partial charge in [0.25, 0.3) is 5.91 Å². The molecule has 1 aliphatic carbocycles. The van der Waals surface area contributed by atoms with E-state index < -0.39 is 0 Å². The third kappa shape index (κ3) is 3.04. The van der Waals surface area contributed by atoms with E-state index in [0.29, 0.717) is 11.6 Å². The molecule has 3 aromatic rings. The zero-order chi connectivity index (χ0) is 16.5. The second-order valence-electron chi connectivity index (χ2n) is 6.41. The molecule has 0 saturated heterocycles. The van der Waals surface area contributed by atoms with Crippen molar-refractivity contribution in [2.24, 2.45) is 0 Å². The molecule has 1 amide bonds. The minimum Gasteiger partial charge on any atom is -0.349 e. The Labute approximate surface area is 145 Å². The Kier molecular flexibility index (Phi) is 4.02. The Hall–Kier alpha value is -2.27. The largest absolute Gasteiger partial charge is 0.349 e. The summed E-state index contributed by atoms with van der Waals surface area (Å²) in [6, 6.07) is 8.17. The van der Waals surface area contributed by atoms with Crippen LogP contribution in [0.2, 0.25) is 0 Å². The van der Waals surface area contributed by atoms with Gasteiger partial charge in [0.2, 0.25) is 0 Å². The van der Waals surface area contributed by atoms with Gasteiger partial charge < -0.3 is 5.32 Å². The summed E-state index contributed by atoms with van der Waals surface area (Å²) in [7, 11) is 0. The molecule has 1 N–H and O–H groups in total. The van der Waals surface area contributed by atoms with E-state index in [0.717, 1.165) is 39.2 Å². The molecule has 2 heterocycles. The van der Waals surface area contributed by atoms with Gasteiger partial charge in [-0.15, -0.1) is 11.3 Å². The highest BCUT2D eigenvalue weighted by Gasteiger charge is 2.18. The zero-order valence-corrected chi connectivity index (χ0v) is 14.4. The van der Waals surface area contributed by atoms with E-state index in [1.54, 1.807) is 11.3 Å². The van der Waals surface area contributed by atoms with Gasteiger partial charge >= 0.3 is 0 Å². The average Bonchev–Trinajstić information content (AvgIpc) is 3.23. The SMILES string of the molecule is Cc1cncc(-c2nc3ccc(C(=O)NC4CCCC4)cc3s2)c1. The number of pyridine rings is 1. The van der Waals surface area contributed by atoms with Gasteiger partial charge in [-0.2, -0.15) is 0 Å². The zero-order valence-electron chi connectivity index (χ0n) is 13.6. The summed E-state index contributed by atoms with van der Waals surface area (Å²) in [5, 5.41) is 4.08. The Morgan fingerprint density at radius 3 is 2.83 bits per heavy atom. The van der Waals surface area contributed by atoms with Crippen LogP contribution < -0.4 is 5.32 Å². The summed E-state index contributed by atoms with van der Waals surface area (Å²) in [4.78, 5) is 21.3. The number of hydrogen-bond donors (Lipinski definition) is 1. The lowest BCUT2D eigenvalue weighted by molar-refractivity contribution is 0.0938. The van der Waals surface area contributed by atoms with Crippen LogP contribution >= 0.6 is 11.3 Å². The van der Waals surface area contributed by atoms with E-state index in [1.165, 1.54) is 12.8 Å². The van der Waals surface area contributed by atoms with Gasteiger partial charge in [-0.3, -0.25) is 9.78 Å². The van der Waals surface area contributed by atoms with Crippen molar-refractivity contribution in [1.29, 1.82) is 0 Å². The number of fused-ring (bicyclic) bond motifs is 1. The van der Waals surface area contributed by atoms with Crippen LogP contribution in [0, 0.1) is 6.92 Å². The van der Waals surface area contributed by atoms with Crippen LogP contribution in [0.25, 0.3) is 20.8 Å². The number of benzene rings is 1. The molecule has 122 valence electrons. The van der Waals surface area contributed by atoms with Crippen molar-refractivity contribution in [3.63, 3.8) is 0 Å². The van der Waals surface area contributed by atoms with Gasteiger partial charge in [0.1, 0.15) is 5.01 Å². The Balaban J connectivity index is 1.62. The lowest BCUT2D eigenvalue weighted by Crippen LogP contribution is -2.32. The maximum atomic E-state index is 12.4. The maximum Gasteiger partial charge on any atom is 0.251 e. The molecule has 0 atom stereocenters. The van der Waals surface area contributed by atoms with E-state index >= 15 is 0 Å². The van der Waals surface area contributed by atoms with Crippen LogP contribution in [0.4, 0.5) is 0 Å². The fourth-order valence-electron chi connectivity index (χ4n) is 3.20. The fraction of sp³-hybridized carbons (Fsp3) is 0.316. The third-order valence-electron chi connectivity index (χ3n) is 4.46. The number of nitrogens with zero attached hydrogens (tertiary/aromatic N) is 2. The summed E-state index contributed by atoms with van der Waals surface area (Å²) in [6.45, 7) is 2.02. The Morgan fingerprint density at radius 1 is 1.21 bits per heavy atom. The van der Waals surface area contributed by atoms with E-state index in [9.17, 15) is 4.79 Å². The number of carbonyl (C=O) groups is 1. The van der Waals surface area contributed by atoms with Crippen LogP contribution in [0.15, 0.2) is 36.7 Å². The Morgan fingerprint density at radius 2 is 2.04 bits per heavy atom. The number of aromatic nitrogens is 2. The molecule has 0 aliphatic heterocycles. The minimum absolute atomic E-state index is 0.0240. The van der Waals surface area contributed by atoms with Crippen molar-refractivity contribution in [1.82, 2.24) is 15.3 Å². The number of hydrogen-bond acceptors (Lipinski definition) is 4. The minimum atomic E-state index is 0.0240. The van der Waals surface area contributed by atoms with E-state index in [1.807, 2.05) is 37.5 Å². The van der Waals surface area contributed by atoms with Crippen molar-refractivity contribution < 1.29 is 4.79 Å². The number of rotatable bonds is 3. The van der Waals surface area contributed by atoms with Crippen LogP contribution in [-0.4, -0.2) is 21.9 Å². The second kappa shape index (κ2) is 6.32. The number of nitrogens with one attached hydrogen (secondary N) is 1. The summed E-state index contributed by atoms with van der Waals surface area (Å²) >= 11 is 1.60. The fourth-order valence-corrected chi connectivity index (χ4v) is 4.19. The topological polar surface area (TPSA) is 54.9 Å². The summed E-state index contributed by atoms with van der Waals surface area (Å²) in [6.07, 6.45) is 8.29. The third-order valence-corrected chi connectivity index (χ3v) is 5.53. The van der Waals surface area contributed by atoms with Crippen LogP contribution in [0.5, 0.6) is 0 Å². The normalized spacial score (nSPS) is 15.0. The molecule has 1 aliphatic rings. The van der Waals surface area contributed by atoms with Gasteiger partial charge in [-0.25, -0.2) is 4.98 Å². The van der Waals surface area contributed by atoms with Crippen molar-refractivity contribution >= 4 is 27.5 Å². The lowest BCUT2D eigenvalue weighted by atomic mass is 10.1. The molecule has 1 saturated carbocycles. The predicted octanol–water partition coefficient (Wildman–Crippen LogP) is 4.34. The second-order valence-corrected chi connectivity index (χ2v) is 7.44. The van der Waals surface area contributed by atoms with Gasteiger partial charge in [-0.05, 0) is 49.6 Å². The molecular weight excluding hydrogens is 318 g/mol. The molecule has 0 unspecified atom stereocenters. The molecule has 4 rings (SSSR count). The van der Waals surface area contributed by atoms with Crippen LogP contribution in [-0.2, 0) is 0 Å². The first-order valence-electron chi connectivity index (χ1n) is 8.32. The molecule has 1 fully saturated rings. The van der Waals surface area contributed by atoms with Gasteiger partial charge in [-0.1, -0.05) is 12.8 Å². The van der Waals surface area contributed by atoms with Crippen molar-refractivity contribution in [2.45, 2.75) is 38.6 Å². The van der Waals surface area contributed by atoms with E-state index in [2.05, 4.69) is 21.4 Å². The summed E-state index contributed by atoms with van der Waals surface area (Å²) < 4.78 is 1.03.